The van der Waals surface area contributed by atoms with Crippen molar-refractivity contribution in [3.8, 4) is 61.3 Å². The Kier molecular flexibility index (Phi) is 12.1. The van der Waals surface area contributed by atoms with Gasteiger partial charge in [-0.3, -0.25) is 0 Å². The molecule has 0 spiro atoms. The summed E-state index contributed by atoms with van der Waals surface area (Å²) in [6, 6.07) is 100.0. The van der Waals surface area contributed by atoms with Gasteiger partial charge < -0.3 is 14.4 Å². The first-order chi connectivity index (χ1) is 57.0. The number of hydrogen-bond acceptors (Lipinski definition) is 2. The van der Waals surface area contributed by atoms with E-state index in [1.165, 1.54) is 0 Å². The van der Waals surface area contributed by atoms with Crippen molar-refractivity contribution in [2.24, 2.45) is 0 Å². The number of hydrogen-bond donors (Lipinski definition) is 0. The maximum Gasteiger partial charge on any atom is 0.252 e. The molecule has 2 aliphatic heterocycles. The van der Waals surface area contributed by atoms with Crippen LogP contribution in [0.5, 0.6) is 0 Å². The minimum absolute atomic E-state index is 0.0202. The van der Waals surface area contributed by atoms with Crippen molar-refractivity contribution < 1.29 is 13.7 Å². The first kappa shape index (κ1) is 53.7. The molecule has 0 saturated carbocycles. The maximum absolute atomic E-state index is 11.9. The molecule has 1 aromatic heterocycles. The Balaban J connectivity index is 0.989. The minimum Gasteiger partial charge on any atom is -0.310 e. The van der Waals surface area contributed by atoms with E-state index in [4.69, 9.17) is 0 Å². The third kappa shape index (κ3) is 9.82. The van der Waals surface area contributed by atoms with Crippen molar-refractivity contribution in [3.05, 3.63) is 363 Å². The molecule has 510 valence electrons. The Hall–Kier alpha value is -13.0. The zero-order valence-electron chi connectivity index (χ0n) is 70.6. The summed E-state index contributed by atoms with van der Waals surface area (Å²) in [7, 11) is 0. The van der Waals surface area contributed by atoms with Gasteiger partial charge in [0, 0.05) is 61.5 Å². The van der Waals surface area contributed by atoms with Crippen molar-refractivity contribution in [1.82, 2.24) is 4.57 Å². The third-order valence-electron chi connectivity index (χ3n) is 22.8. The normalized spacial score (nSPS) is 14.1. The highest BCUT2D eigenvalue weighted by Crippen LogP contribution is 2.57. The molecule has 19 aromatic rings. The first-order valence-corrected chi connectivity index (χ1v) is 37.3. The Morgan fingerprint density at radius 1 is 0.278 bits per heavy atom. The van der Waals surface area contributed by atoms with Gasteiger partial charge >= 0.3 is 0 Å². The van der Waals surface area contributed by atoms with Crippen LogP contribution in [-0.4, -0.2) is 11.3 Å². The highest BCUT2D eigenvalue weighted by molar-refractivity contribution is 7.00. The van der Waals surface area contributed by atoms with Gasteiger partial charge in [0.2, 0.25) is 0 Å². The molecule has 0 amide bonds. The van der Waals surface area contributed by atoms with Crippen molar-refractivity contribution in [2.45, 2.75) is 52.4 Å². The van der Waals surface area contributed by atoms with E-state index in [2.05, 4.69) is 324 Å². The fourth-order valence-corrected chi connectivity index (χ4v) is 17.7. The lowest BCUT2D eigenvalue weighted by Gasteiger charge is -2.46. The topological polar surface area (TPSA) is 11.4 Å². The van der Waals surface area contributed by atoms with Gasteiger partial charge in [-0.15, -0.1) is 0 Å². The molecule has 18 aromatic carbocycles. The van der Waals surface area contributed by atoms with E-state index in [9.17, 15) is 13.7 Å². The van der Waals surface area contributed by atoms with E-state index in [0.29, 0.717) is 39.5 Å². The predicted molar refractivity (Wildman–Crippen MR) is 464 cm³/mol. The van der Waals surface area contributed by atoms with Crippen LogP contribution in [0.15, 0.2) is 352 Å². The van der Waals surface area contributed by atoms with Crippen LogP contribution in [0.1, 0.15) is 66.4 Å². The summed E-state index contributed by atoms with van der Waals surface area (Å²) < 4.78 is 102. The summed E-state index contributed by atoms with van der Waals surface area (Å²) in [4.78, 5) is 4.69. The van der Waals surface area contributed by atoms with Gasteiger partial charge in [0.15, 0.2) is 0 Å². The largest absolute Gasteiger partial charge is 0.310 e. The van der Waals surface area contributed by atoms with Crippen LogP contribution in [0.4, 0.5) is 34.1 Å². The summed E-state index contributed by atoms with van der Waals surface area (Å²) >= 11 is 0. The average molecular weight is 1390 g/mol. The zero-order chi connectivity index (χ0) is 81.0. The molecule has 0 N–H and O–H groups in total. The second kappa shape index (κ2) is 24.3. The van der Waals surface area contributed by atoms with Crippen LogP contribution in [0, 0.1) is 0 Å². The van der Waals surface area contributed by atoms with Gasteiger partial charge in [0.25, 0.3) is 6.71 Å². The summed E-state index contributed by atoms with van der Waals surface area (Å²) in [5.74, 6) is 0. The second-order valence-electron chi connectivity index (χ2n) is 31.1. The predicted octanol–water partition coefficient (Wildman–Crippen LogP) is 26.7. The Labute approximate surface area is 644 Å². The van der Waals surface area contributed by atoms with Gasteiger partial charge in [-0.05, 0) is 191 Å². The number of rotatable bonds is 8. The van der Waals surface area contributed by atoms with Crippen LogP contribution >= 0.6 is 0 Å². The van der Waals surface area contributed by atoms with Crippen LogP contribution in [0.3, 0.4) is 0 Å². The maximum atomic E-state index is 11.9. The molecule has 3 nitrogen and oxygen atoms in total. The van der Waals surface area contributed by atoms with E-state index < -0.39 is 60.5 Å². The van der Waals surface area contributed by atoms with Gasteiger partial charge in [-0.25, -0.2) is 0 Å². The molecule has 108 heavy (non-hydrogen) atoms. The molecule has 0 bridgehead atoms. The molecule has 0 fully saturated rings. The molecule has 0 saturated heterocycles. The average Bonchev–Trinajstić information content (AvgIpc) is 0.700. The fourth-order valence-electron chi connectivity index (χ4n) is 17.7. The number of fused-ring (bicyclic) bond motifs is 16. The van der Waals surface area contributed by atoms with Crippen LogP contribution in [0.25, 0.3) is 148 Å². The van der Waals surface area contributed by atoms with Crippen molar-refractivity contribution in [1.29, 1.82) is 0 Å². The third-order valence-corrected chi connectivity index (χ3v) is 22.8. The van der Waals surface area contributed by atoms with Crippen LogP contribution in [-0.2, 0) is 10.8 Å². The van der Waals surface area contributed by atoms with Crippen LogP contribution in [0.2, 0.25) is 0 Å². The fraction of sp³-hybridized carbons (Fsp3) is 0.0769. The molecule has 2 aliphatic rings. The van der Waals surface area contributed by atoms with E-state index in [1.807, 2.05) is 18.2 Å². The van der Waals surface area contributed by atoms with Gasteiger partial charge in [0.05, 0.1) is 36.1 Å². The lowest BCUT2D eigenvalue weighted by molar-refractivity contribution is 0.590. The molecule has 4 heteroatoms. The van der Waals surface area contributed by atoms with E-state index in [-0.39, 0.29) is 39.3 Å². The summed E-state index contributed by atoms with van der Waals surface area (Å²) in [6.45, 7) is 12.3. The molecular formula is C104H76BN3. The van der Waals surface area contributed by atoms with E-state index in [1.54, 1.807) is 4.57 Å². The Morgan fingerprint density at radius 2 is 0.713 bits per heavy atom. The summed E-state index contributed by atoms with van der Waals surface area (Å²) in [6.07, 6.45) is 0. The number of benzene rings is 18. The van der Waals surface area contributed by atoms with Gasteiger partial charge in [-0.2, -0.15) is 0 Å². The highest BCUT2D eigenvalue weighted by atomic mass is 15.2. The Bertz CT molecular complexity index is 7400. The number of aromatic nitrogens is 1. The highest BCUT2D eigenvalue weighted by Gasteiger charge is 2.47. The summed E-state index contributed by atoms with van der Waals surface area (Å²) in [5, 5.41) is 12.7. The zero-order valence-corrected chi connectivity index (χ0v) is 60.6. The molecule has 21 rings (SSSR count). The molecule has 0 radical (unpaired) electrons. The minimum atomic E-state index is -0.908. The molecule has 0 atom stereocenters. The van der Waals surface area contributed by atoms with Crippen LogP contribution < -0.4 is 26.2 Å². The molecular weight excluding hydrogens is 1300 g/mol. The van der Waals surface area contributed by atoms with Gasteiger partial charge in [0.1, 0.15) is 0 Å². The lowest BCUT2D eigenvalue weighted by Crippen LogP contribution is -2.61. The van der Waals surface area contributed by atoms with E-state index >= 15 is 0 Å². The van der Waals surface area contributed by atoms with Crippen molar-refractivity contribution in [3.63, 3.8) is 0 Å². The standard InChI is InChI=1S/C104H76BN3/c1-103(2,3)71-60-90(66-29-11-8-12-30-66)102(91(61-71)82-44-25-41-79-76-36-18-15-33-69(76)51-56-85(79)82)107-96-58-52-70(65-27-9-7-10-28-65)59-93(96)105-92-57-53-73(106-94-47-21-19-37-86(94)87-38-20-22-48-95(87)106)64-97(92)108(99-63-72(104(4,5)6)62-98(107)100(99)105)101-88(80-42-23-39-77-74-34-16-13-31-67(74)49-54-83(77)80)45-26-46-89(101)81-43-24-40-78-75-35-17-14-32-68(75)50-55-84(78)81/h7-64H,1-6H3/i19D,20D,21D,22D,37D,38D,47D,48D,62D,63D. The monoisotopic (exact) mass is 1390 g/mol. The number of nitrogens with zero attached hydrogens (tertiary/aromatic N) is 3. The lowest BCUT2D eigenvalue weighted by atomic mass is 9.33. The molecule has 3 heterocycles. The van der Waals surface area contributed by atoms with Crippen molar-refractivity contribution >= 4 is 144 Å². The quantitative estimate of drug-likeness (QED) is 0.111. The van der Waals surface area contributed by atoms with E-state index in [0.717, 1.165) is 148 Å². The van der Waals surface area contributed by atoms with Crippen molar-refractivity contribution in [2.75, 3.05) is 9.80 Å². The second-order valence-corrected chi connectivity index (χ2v) is 31.1. The Morgan fingerprint density at radius 3 is 1.24 bits per heavy atom. The number of para-hydroxylation sites is 3. The van der Waals surface area contributed by atoms with Gasteiger partial charge in [-0.1, -0.05) is 339 Å². The molecule has 0 aliphatic carbocycles. The number of anilines is 6. The first-order valence-electron chi connectivity index (χ1n) is 42.3. The smallest absolute Gasteiger partial charge is 0.252 e. The SMILES string of the molecule is [2H]c1c2c3c(c([2H])c1C(C)(C)C)N(c1c(-c4cccc5c4ccc4ccccc45)cccc1-c1cccc4c1ccc1ccccc14)c1cc(-n4c5c([2H])c([2H])c([2H])c([2H])c5c5c([2H])c([2H])c([2H])c([2H])c54)ccc1B3c1cc(-c3ccccc3)ccc1N2c1c(-c2ccccc2)cc(C(C)(C)C)cc1-c1cccc2c1ccc1ccccc12. The summed E-state index contributed by atoms with van der Waals surface area (Å²) in [5.41, 5.74) is 16.3. The molecule has 0 unspecified atom stereocenters.